The predicted molar refractivity (Wildman–Crippen MR) is 91.2 cm³/mol. The van der Waals surface area contributed by atoms with Crippen molar-refractivity contribution >= 4 is 17.2 Å². The van der Waals surface area contributed by atoms with Gasteiger partial charge in [-0.3, -0.25) is 4.79 Å². The number of carbonyl (C=O) groups excluding carboxylic acids is 1. The Labute approximate surface area is 152 Å². The van der Waals surface area contributed by atoms with Crippen LogP contribution in [0.15, 0.2) is 29.0 Å². The molecule has 26 heavy (non-hydrogen) atoms. The smallest absolute Gasteiger partial charge is 0.406 e. The van der Waals surface area contributed by atoms with Crippen molar-refractivity contribution in [3.05, 3.63) is 40.1 Å². The van der Waals surface area contributed by atoms with Gasteiger partial charge in [-0.1, -0.05) is 0 Å². The zero-order valence-electron chi connectivity index (χ0n) is 14.4. The van der Waals surface area contributed by atoms with Gasteiger partial charge in [0.05, 0.1) is 26.9 Å². The standard InChI is InChI=1S/C17H18F3NO4S/c1-23-13-5-4-12(14(24-2)15(13)25-3)16(22)21(10-17(18,19)20)8-11-6-7-26-9-11/h4-7,9H,8,10H2,1-3H3. The van der Waals surface area contributed by atoms with E-state index in [0.29, 0.717) is 11.3 Å². The first kappa shape index (κ1) is 19.9. The highest BCUT2D eigenvalue weighted by Gasteiger charge is 2.35. The van der Waals surface area contributed by atoms with Gasteiger partial charge in [-0.25, -0.2) is 0 Å². The molecule has 0 bridgehead atoms. The van der Waals surface area contributed by atoms with Gasteiger partial charge in [0.2, 0.25) is 5.75 Å². The topological polar surface area (TPSA) is 48.0 Å². The lowest BCUT2D eigenvalue weighted by Crippen LogP contribution is -2.38. The lowest BCUT2D eigenvalue weighted by molar-refractivity contribution is -0.141. The highest BCUT2D eigenvalue weighted by atomic mass is 32.1. The van der Waals surface area contributed by atoms with Gasteiger partial charge in [-0.2, -0.15) is 24.5 Å². The van der Waals surface area contributed by atoms with E-state index in [9.17, 15) is 18.0 Å². The van der Waals surface area contributed by atoms with Gasteiger partial charge < -0.3 is 19.1 Å². The fourth-order valence-corrected chi connectivity index (χ4v) is 3.12. The first-order valence-corrected chi connectivity index (χ1v) is 8.41. The number of amides is 1. The molecule has 0 saturated carbocycles. The quantitative estimate of drug-likeness (QED) is 0.719. The summed E-state index contributed by atoms with van der Waals surface area (Å²) in [4.78, 5) is 13.6. The molecule has 2 rings (SSSR count). The molecule has 0 radical (unpaired) electrons. The molecule has 142 valence electrons. The van der Waals surface area contributed by atoms with Gasteiger partial charge in [0.15, 0.2) is 11.5 Å². The van der Waals surface area contributed by atoms with E-state index >= 15 is 0 Å². The number of thiophene rings is 1. The van der Waals surface area contributed by atoms with Crippen LogP contribution in [-0.4, -0.2) is 44.9 Å². The minimum absolute atomic E-state index is 0.0225. The lowest BCUT2D eigenvalue weighted by Gasteiger charge is -2.25. The Morgan fingerprint density at radius 2 is 1.77 bits per heavy atom. The SMILES string of the molecule is COc1ccc(C(=O)N(Cc2ccsc2)CC(F)(F)F)c(OC)c1OC. The van der Waals surface area contributed by atoms with Crippen LogP contribution in [0, 0.1) is 0 Å². The highest BCUT2D eigenvalue weighted by molar-refractivity contribution is 7.07. The Balaban J connectivity index is 2.44. The Morgan fingerprint density at radius 1 is 1.08 bits per heavy atom. The van der Waals surface area contributed by atoms with Gasteiger partial charge in [0, 0.05) is 6.54 Å². The second-order valence-electron chi connectivity index (χ2n) is 5.29. The van der Waals surface area contributed by atoms with E-state index in [1.807, 2.05) is 0 Å². The number of nitrogens with zero attached hydrogens (tertiary/aromatic N) is 1. The molecular formula is C17H18F3NO4S. The molecule has 0 atom stereocenters. The van der Waals surface area contributed by atoms with Crippen LogP contribution >= 0.6 is 11.3 Å². The summed E-state index contributed by atoms with van der Waals surface area (Å²) in [5.74, 6) is -0.342. The fourth-order valence-electron chi connectivity index (χ4n) is 2.46. The molecule has 0 unspecified atom stereocenters. The summed E-state index contributed by atoms with van der Waals surface area (Å²) < 4.78 is 54.5. The van der Waals surface area contributed by atoms with Crippen molar-refractivity contribution in [2.75, 3.05) is 27.9 Å². The van der Waals surface area contributed by atoms with Crippen molar-refractivity contribution in [1.29, 1.82) is 0 Å². The minimum atomic E-state index is -4.53. The summed E-state index contributed by atoms with van der Waals surface area (Å²) in [6.45, 7) is -1.54. The number of ether oxygens (including phenoxy) is 3. The maximum atomic E-state index is 13.0. The molecular weight excluding hydrogens is 371 g/mol. The molecule has 2 aromatic rings. The van der Waals surface area contributed by atoms with Gasteiger partial charge in [0.1, 0.15) is 6.54 Å². The van der Waals surface area contributed by atoms with Crippen LogP contribution in [0.4, 0.5) is 13.2 Å². The van der Waals surface area contributed by atoms with E-state index in [4.69, 9.17) is 14.2 Å². The normalized spacial score (nSPS) is 11.2. The third-order valence-electron chi connectivity index (χ3n) is 3.55. The third-order valence-corrected chi connectivity index (χ3v) is 4.28. The monoisotopic (exact) mass is 389 g/mol. The van der Waals surface area contributed by atoms with Crippen molar-refractivity contribution in [2.45, 2.75) is 12.7 Å². The van der Waals surface area contributed by atoms with Crippen LogP contribution in [0.2, 0.25) is 0 Å². The summed E-state index contributed by atoms with van der Waals surface area (Å²) in [5.41, 5.74) is 0.580. The molecule has 0 fully saturated rings. The second-order valence-corrected chi connectivity index (χ2v) is 6.07. The molecule has 0 N–H and O–H groups in total. The molecule has 0 saturated heterocycles. The van der Waals surface area contributed by atoms with Crippen molar-refractivity contribution in [3.63, 3.8) is 0 Å². The van der Waals surface area contributed by atoms with E-state index in [-0.39, 0.29) is 23.6 Å². The predicted octanol–water partition coefficient (Wildman–Crippen LogP) is 3.98. The molecule has 0 aliphatic rings. The number of methoxy groups -OCH3 is 3. The summed E-state index contributed by atoms with van der Waals surface area (Å²) in [6, 6.07) is 4.48. The summed E-state index contributed by atoms with van der Waals surface area (Å²) in [6.07, 6.45) is -4.53. The minimum Gasteiger partial charge on any atom is -0.493 e. The molecule has 1 amide bonds. The summed E-state index contributed by atoms with van der Waals surface area (Å²) in [5, 5.41) is 3.44. The van der Waals surface area contributed by atoms with Crippen molar-refractivity contribution in [3.8, 4) is 17.2 Å². The zero-order valence-corrected chi connectivity index (χ0v) is 15.2. The lowest BCUT2D eigenvalue weighted by atomic mass is 10.1. The number of hydrogen-bond donors (Lipinski definition) is 0. The molecule has 1 aromatic heterocycles. The zero-order chi connectivity index (χ0) is 19.3. The largest absolute Gasteiger partial charge is 0.493 e. The van der Waals surface area contributed by atoms with Crippen LogP contribution in [0.3, 0.4) is 0 Å². The van der Waals surface area contributed by atoms with E-state index in [1.165, 1.54) is 44.8 Å². The number of hydrogen-bond acceptors (Lipinski definition) is 5. The van der Waals surface area contributed by atoms with Crippen LogP contribution in [0.5, 0.6) is 17.2 Å². The van der Waals surface area contributed by atoms with Gasteiger partial charge >= 0.3 is 6.18 Å². The van der Waals surface area contributed by atoms with Crippen molar-refractivity contribution in [1.82, 2.24) is 4.90 Å². The number of halogens is 3. The van der Waals surface area contributed by atoms with Crippen LogP contribution < -0.4 is 14.2 Å². The average Bonchev–Trinajstić information content (AvgIpc) is 3.10. The molecule has 9 heteroatoms. The van der Waals surface area contributed by atoms with Gasteiger partial charge in [-0.15, -0.1) is 0 Å². The Hall–Kier alpha value is -2.42. The van der Waals surface area contributed by atoms with Gasteiger partial charge in [0.25, 0.3) is 5.91 Å². The second kappa shape index (κ2) is 8.31. The average molecular weight is 389 g/mol. The number of rotatable bonds is 7. The van der Waals surface area contributed by atoms with Crippen LogP contribution in [0.1, 0.15) is 15.9 Å². The third kappa shape index (κ3) is 4.60. The van der Waals surface area contributed by atoms with Gasteiger partial charge in [-0.05, 0) is 34.5 Å². The van der Waals surface area contributed by atoms with Crippen molar-refractivity contribution in [2.24, 2.45) is 0 Å². The number of benzene rings is 1. The highest BCUT2D eigenvalue weighted by Crippen LogP contribution is 2.40. The first-order valence-electron chi connectivity index (χ1n) is 7.46. The van der Waals surface area contributed by atoms with E-state index < -0.39 is 18.6 Å². The number of alkyl halides is 3. The van der Waals surface area contributed by atoms with Crippen LogP contribution in [0.25, 0.3) is 0 Å². The number of carbonyl (C=O) groups is 1. The molecule has 5 nitrogen and oxygen atoms in total. The summed E-state index contributed by atoms with van der Waals surface area (Å²) >= 11 is 1.35. The Morgan fingerprint density at radius 3 is 2.27 bits per heavy atom. The van der Waals surface area contributed by atoms with E-state index in [1.54, 1.807) is 16.8 Å². The Bertz CT molecular complexity index is 747. The fraction of sp³-hybridized carbons (Fsp3) is 0.353. The molecule has 0 aliphatic carbocycles. The van der Waals surface area contributed by atoms with Crippen molar-refractivity contribution < 1.29 is 32.2 Å². The van der Waals surface area contributed by atoms with Crippen LogP contribution in [-0.2, 0) is 6.54 Å². The molecule has 0 spiro atoms. The van der Waals surface area contributed by atoms with E-state index in [2.05, 4.69) is 0 Å². The maximum Gasteiger partial charge on any atom is 0.406 e. The molecule has 0 aliphatic heterocycles. The summed E-state index contributed by atoms with van der Waals surface area (Å²) in [7, 11) is 4.07. The Kier molecular flexibility index (Phi) is 6.36. The maximum absolute atomic E-state index is 13.0. The first-order chi connectivity index (χ1) is 12.3. The molecule has 1 heterocycles. The van der Waals surface area contributed by atoms with E-state index in [0.717, 1.165) is 4.90 Å². The molecule has 1 aromatic carbocycles.